The van der Waals surface area contributed by atoms with Crippen LogP contribution in [-0.4, -0.2) is 63.2 Å². The minimum Gasteiger partial charge on any atom is -0.486 e. The highest BCUT2D eigenvalue weighted by atomic mass is 35.5. The summed E-state index contributed by atoms with van der Waals surface area (Å²) in [6.45, 7) is 2.89. The number of fused-ring (bicyclic) bond motifs is 1. The van der Waals surface area contributed by atoms with E-state index in [1.807, 2.05) is 6.92 Å². The Bertz CT molecular complexity index is 1370. The van der Waals surface area contributed by atoms with Crippen molar-refractivity contribution in [1.82, 2.24) is 10.2 Å². The van der Waals surface area contributed by atoms with Crippen LogP contribution in [0.5, 0.6) is 11.5 Å². The Labute approximate surface area is 258 Å². The van der Waals surface area contributed by atoms with Gasteiger partial charge in [0.15, 0.2) is 11.5 Å². The number of nitrogens with one attached hydrogen (secondary N) is 1. The first-order chi connectivity index (χ1) is 20.1. The molecular weight excluding hydrogens is 601 g/mol. The topological polar surface area (TPSA) is 105 Å². The molecule has 1 heterocycles. The summed E-state index contributed by atoms with van der Waals surface area (Å²) in [6, 6.07) is 9.45. The Kier molecular flexibility index (Phi) is 11.3. The summed E-state index contributed by atoms with van der Waals surface area (Å²) in [5, 5.41) is 4.04. The molecule has 0 spiro atoms. The summed E-state index contributed by atoms with van der Waals surface area (Å²) in [5.41, 5.74) is 1.10. The highest BCUT2D eigenvalue weighted by Crippen LogP contribution is 2.35. The zero-order valence-corrected chi connectivity index (χ0v) is 26.4. The monoisotopic (exact) mass is 639 g/mol. The standard InChI is InChI=1S/C30H39Cl2N3O6S/c1-3-26(30(37)33-23-8-5-4-6-9-23)34(20-21-11-12-22(31)18-25(21)32)29(36)10-7-15-35(42(2,38)39)24-13-14-27-28(19-24)41-17-16-40-27/h11-14,18-19,23,26H,3-10,15-17,20H2,1-2H3,(H,33,37)/t26-/m0/s1. The molecule has 0 aromatic heterocycles. The molecule has 0 bridgehead atoms. The van der Waals surface area contributed by atoms with Crippen molar-refractivity contribution in [2.75, 3.05) is 30.3 Å². The number of anilines is 1. The maximum absolute atomic E-state index is 13.8. The molecule has 0 radical (unpaired) electrons. The fourth-order valence-electron chi connectivity index (χ4n) is 5.49. The van der Waals surface area contributed by atoms with Crippen LogP contribution in [-0.2, 0) is 26.2 Å². The molecule has 1 atom stereocenters. The third kappa shape index (κ3) is 8.45. The summed E-state index contributed by atoms with van der Waals surface area (Å²) in [4.78, 5) is 28.8. The van der Waals surface area contributed by atoms with Gasteiger partial charge in [0.05, 0.1) is 11.9 Å². The van der Waals surface area contributed by atoms with Crippen LogP contribution < -0.4 is 19.1 Å². The number of halogens is 2. The quantitative estimate of drug-likeness (QED) is 0.326. The van der Waals surface area contributed by atoms with Crippen molar-refractivity contribution in [1.29, 1.82) is 0 Å². The maximum Gasteiger partial charge on any atom is 0.243 e. The maximum atomic E-state index is 13.8. The zero-order chi connectivity index (χ0) is 30.3. The van der Waals surface area contributed by atoms with Crippen LogP contribution in [0.2, 0.25) is 10.0 Å². The molecule has 2 aromatic carbocycles. The van der Waals surface area contributed by atoms with Gasteiger partial charge in [-0.05, 0) is 55.5 Å². The molecule has 42 heavy (non-hydrogen) atoms. The van der Waals surface area contributed by atoms with Gasteiger partial charge >= 0.3 is 0 Å². The first-order valence-electron chi connectivity index (χ1n) is 14.5. The lowest BCUT2D eigenvalue weighted by molar-refractivity contribution is -0.141. The normalized spacial score (nSPS) is 16.0. The van der Waals surface area contributed by atoms with Crippen molar-refractivity contribution in [3.63, 3.8) is 0 Å². The van der Waals surface area contributed by atoms with Crippen molar-refractivity contribution in [3.8, 4) is 11.5 Å². The van der Waals surface area contributed by atoms with Crippen LogP contribution in [0.4, 0.5) is 5.69 Å². The Morgan fingerprint density at radius 2 is 1.74 bits per heavy atom. The molecule has 2 amide bonds. The van der Waals surface area contributed by atoms with Gasteiger partial charge in [-0.25, -0.2) is 8.42 Å². The molecule has 1 N–H and O–H groups in total. The predicted molar refractivity (Wildman–Crippen MR) is 165 cm³/mol. The number of carbonyl (C=O) groups excluding carboxylic acids is 2. The van der Waals surface area contributed by atoms with Gasteiger partial charge in [-0.1, -0.05) is 55.5 Å². The van der Waals surface area contributed by atoms with Gasteiger partial charge in [-0.2, -0.15) is 0 Å². The van der Waals surface area contributed by atoms with E-state index in [0.29, 0.717) is 52.4 Å². The number of carbonyl (C=O) groups is 2. The Morgan fingerprint density at radius 1 is 1.02 bits per heavy atom. The van der Waals surface area contributed by atoms with E-state index in [0.717, 1.165) is 31.9 Å². The van der Waals surface area contributed by atoms with Crippen LogP contribution >= 0.6 is 23.2 Å². The predicted octanol–water partition coefficient (Wildman–Crippen LogP) is 5.57. The molecular formula is C30H39Cl2N3O6S. The van der Waals surface area contributed by atoms with Crippen LogP contribution in [0.25, 0.3) is 0 Å². The molecule has 12 heteroatoms. The average molecular weight is 641 g/mol. The van der Waals surface area contributed by atoms with E-state index in [9.17, 15) is 18.0 Å². The van der Waals surface area contributed by atoms with E-state index in [1.54, 1.807) is 41.3 Å². The fraction of sp³-hybridized carbons (Fsp3) is 0.533. The third-order valence-corrected chi connectivity index (χ3v) is 9.44. The number of hydrogen-bond acceptors (Lipinski definition) is 6. The van der Waals surface area contributed by atoms with Crippen molar-refractivity contribution in [2.45, 2.75) is 76.9 Å². The van der Waals surface area contributed by atoms with Crippen LogP contribution in [0.1, 0.15) is 63.9 Å². The van der Waals surface area contributed by atoms with E-state index < -0.39 is 16.1 Å². The van der Waals surface area contributed by atoms with Crippen LogP contribution in [0, 0.1) is 0 Å². The average Bonchev–Trinajstić information content (AvgIpc) is 2.96. The minimum absolute atomic E-state index is 0.0367. The van der Waals surface area contributed by atoms with Gasteiger partial charge in [0.2, 0.25) is 21.8 Å². The number of amides is 2. The second kappa shape index (κ2) is 14.7. The molecule has 230 valence electrons. The molecule has 1 fully saturated rings. The fourth-order valence-corrected chi connectivity index (χ4v) is 6.91. The SMILES string of the molecule is CC[C@@H](C(=O)NC1CCCCC1)N(Cc1ccc(Cl)cc1Cl)C(=O)CCCN(c1ccc2c(c1)OCCO2)S(C)(=O)=O. The second-order valence-corrected chi connectivity index (χ2v) is 13.5. The molecule has 0 saturated heterocycles. The third-order valence-electron chi connectivity index (χ3n) is 7.66. The summed E-state index contributed by atoms with van der Waals surface area (Å²) < 4.78 is 37.9. The van der Waals surface area contributed by atoms with E-state index in [2.05, 4.69) is 5.32 Å². The van der Waals surface area contributed by atoms with Gasteiger partial charge in [-0.15, -0.1) is 0 Å². The van der Waals surface area contributed by atoms with Gasteiger partial charge in [0.1, 0.15) is 19.3 Å². The minimum atomic E-state index is -3.65. The first kappa shape index (κ1) is 32.2. The number of benzene rings is 2. The van der Waals surface area contributed by atoms with Crippen LogP contribution in [0.3, 0.4) is 0 Å². The molecule has 4 rings (SSSR count). The Morgan fingerprint density at radius 3 is 2.40 bits per heavy atom. The van der Waals surface area contributed by atoms with Crippen molar-refractivity contribution < 1.29 is 27.5 Å². The van der Waals surface area contributed by atoms with E-state index in [4.69, 9.17) is 32.7 Å². The van der Waals surface area contributed by atoms with E-state index in [-0.39, 0.29) is 43.8 Å². The molecule has 2 aromatic rings. The lowest BCUT2D eigenvalue weighted by Crippen LogP contribution is -2.51. The van der Waals surface area contributed by atoms with Gasteiger partial charge in [0, 0.05) is 41.7 Å². The lowest BCUT2D eigenvalue weighted by atomic mass is 9.95. The largest absolute Gasteiger partial charge is 0.486 e. The van der Waals surface area contributed by atoms with Crippen molar-refractivity contribution >= 4 is 50.7 Å². The lowest BCUT2D eigenvalue weighted by Gasteiger charge is -2.33. The van der Waals surface area contributed by atoms with Crippen LogP contribution in [0.15, 0.2) is 36.4 Å². The molecule has 1 aliphatic carbocycles. The number of ether oxygens (including phenoxy) is 2. The number of rotatable bonds is 12. The summed E-state index contributed by atoms with van der Waals surface area (Å²) >= 11 is 12.6. The van der Waals surface area contributed by atoms with Gasteiger partial charge < -0.3 is 19.7 Å². The smallest absolute Gasteiger partial charge is 0.243 e. The Hall–Kier alpha value is -2.69. The van der Waals surface area contributed by atoms with E-state index in [1.165, 1.54) is 10.7 Å². The number of hydrogen-bond donors (Lipinski definition) is 1. The van der Waals surface area contributed by atoms with Gasteiger partial charge in [-0.3, -0.25) is 13.9 Å². The molecule has 0 unspecified atom stereocenters. The molecule has 9 nitrogen and oxygen atoms in total. The zero-order valence-electron chi connectivity index (χ0n) is 24.1. The number of nitrogens with zero attached hydrogens (tertiary/aromatic N) is 2. The summed E-state index contributed by atoms with van der Waals surface area (Å²) in [6.07, 6.45) is 7.00. The summed E-state index contributed by atoms with van der Waals surface area (Å²) in [7, 11) is -3.65. The van der Waals surface area contributed by atoms with E-state index >= 15 is 0 Å². The highest BCUT2D eigenvalue weighted by molar-refractivity contribution is 7.92. The molecule has 2 aliphatic rings. The Balaban J connectivity index is 1.50. The van der Waals surface area contributed by atoms with Gasteiger partial charge in [0.25, 0.3) is 0 Å². The first-order valence-corrected chi connectivity index (χ1v) is 17.1. The molecule has 1 aliphatic heterocycles. The number of sulfonamides is 1. The second-order valence-electron chi connectivity index (χ2n) is 10.8. The summed E-state index contributed by atoms with van der Waals surface area (Å²) in [5.74, 6) is 0.589. The van der Waals surface area contributed by atoms with Crippen molar-refractivity contribution in [3.05, 3.63) is 52.0 Å². The van der Waals surface area contributed by atoms with Crippen molar-refractivity contribution in [2.24, 2.45) is 0 Å². The highest BCUT2D eigenvalue weighted by Gasteiger charge is 2.31. The molecule has 1 saturated carbocycles.